The van der Waals surface area contributed by atoms with Crippen molar-refractivity contribution in [2.45, 2.75) is 32.2 Å². The van der Waals surface area contributed by atoms with Gasteiger partial charge in [-0.25, -0.2) is 0 Å². The highest BCUT2D eigenvalue weighted by Crippen LogP contribution is 2.39. The number of ether oxygens (including phenoxy) is 2. The van der Waals surface area contributed by atoms with Crippen LogP contribution in [0.15, 0.2) is 42.5 Å². The Bertz CT molecular complexity index is 835. The number of fused-ring (bicyclic) bond motifs is 1. The summed E-state index contributed by atoms with van der Waals surface area (Å²) in [6.07, 6.45) is 4.19. The van der Waals surface area contributed by atoms with Gasteiger partial charge in [-0.3, -0.25) is 14.4 Å². The Morgan fingerprint density at radius 1 is 1.03 bits per heavy atom. The normalized spacial score (nSPS) is 19.1. The second-order valence-electron chi connectivity index (χ2n) is 8.07. The van der Waals surface area contributed by atoms with E-state index in [1.54, 1.807) is 14.2 Å². The van der Waals surface area contributed by atoms with E-state index in [4.69, 9.17) is 14.1 Å². The van der Waals surface area contributed by atoms with Gasteiger partial charge in [0.1, 0.15) is 0 Å². The number of hydrogen-bond donors (Lipinski definition) is 1. The molecule has 0 spiro atoms. The van der Waals surface area contributed by atoms with Crippen LogP contribution in [-0.2, 0) is 13.0 Å². The van der Waals surface area contributed by atoms with Crippen LogP contribution < -0.4 is 9.47 Å². The fraction of sp³-hybridized carbons (Fsp3) is 0.458. The highest BCUT2D eigenvalue weighted by Gasteiger charge is 2.34. The molecule has 162 valence electrons. The van der Waals surface area contributed by atoms with E-state index < -0.39 is 0 Å². The number of Topliss-reactive ketones (excluding diaryl/α,β-unsaturated/α-hetero) is 1. The zero-order valence-corrected chi connectivity index (χ0v) is 18.4. The Hall–Kier alpha value is -2.08. The number of carbonyl (C=O) groups is 1. The molecule has 1 aliphatic carbocycles. The molecule has 6 heteroatoms. The topological polar surface area (TPSA) is 59.0 Å². The number of ketones is 1. The summed E-state index contributed by atoms with van der Waals surface area (Å²) >= 11 is 3.64. The Morgan fingerprint density at radius 3 is 2.30 bits per heavy atom. The summed E-state index contributed by atoms with van der Waals surface area (Å²) in [7, 11) is 3.26. The summed E-state index contributed by atoms with van der Waals surface area (Å²) in [5.74, 6) is 2.38. The first kappa shape index (κ1) is 22.6. The van der Waals surface area contributed by atoms with Crippen molar-refractivity contribution < 1.29 is 18.9 Å². The fourth-order valence-electron chi connectivity index (χ4n) is 4.71. The number of methoxy groups -OCH3 is 2. The third kappa shape index (κ3) is 5.15. The van der Waals surface area contributed by atoms with Crippen molar-refractivity contribution in [3.05, 3.63) is 59.2 Å². The second-order valence-corrected chi connectivity index (χ2v) is 8.07. The largest absolute Gasteiger partial charge is 0.493 e. The Labute approximate surface area is 183 Å². The lowest BCUT2D eigenvalue weighted by Gasteiger charge is -2.32. The lowest BCUT2D eigenvalue weighted by molar-refractivity contribution is 0.0895. The van der Waals surface area contributed by atoms with Crippen LogP contribution >= 0.6 is 11.9 Å². The van der Waals surface area contributed by atoms with Gasteiger partial charge in [0.15, 0.2) is 17.3 Å². The number of hydrogen-bond acceptors (Lipinski definition) is 5. The average molecular weight is 432 g/mol. The molecule has 0 aromatic heterocycles. The molecule has 1 fully saturated rings. The molecule has 1 aliphatic heterocycles. The van der Waals surface area contributed by atoms with Gasteiger partial charge in [0.05, 0.1) is 26.1 Å². The van der Waals surface area contributed by atoms with Crippen molar-refractivity contribution in [1.29, 1.82) is 0 Å². The van der Waals surface area contributed by atoms with Gasteiger partial charge in [0.25, 0.3) is 0 Å². The van der Waals surface area contributed by atoms with Crippen molar-refractivity contribution in [3.63, 3.8) is 0 Å². The maximum absolute atomic E-state index is 12.9. The van der Waals surface area contributed by atoms with Gasteiger partial charge < -0.3 is 9.47 Å². The number of nitrogens with zero attached hydrogens (tertiary/aromatic N) is 1. The number of benzene rings is 2. The first-order chi connectivity index (χ1) is 14.7. The first-order valence-corrected chi connectivity index (χ1v) is 10.7. The molecule has 4 rings (SSSR count). The summed E-state index contributed by atoms with van der Waals surface area (Å²) < 4.78 is 17.2. The van der Waals surface area contributed by atoms with Gasteiger partial charge in [-0.05, 0) is 68.0 Å². The monoisotopic (exact) mass is 431 g/mol. The van der Waals surface area contributed by atoms with Gasteiger partial charge in [-0.1, -0.05) is 30.3 Å². The molecule has 0 radical (unpaired) electrons. The molecule has 0 bridgehead atoms. The average Bonchev–Trinajstić information content (AvgIpc) is 3.10. The molecule has 0 saturated carbocycles. The van der Waals surface area contributed by atoms with E-state index in [0.29, 0.717) is 17.4 Å². The maximum atomic E-state index is 12.9. The summed E-state index contributed by atoms with van der Waals surface area (Å²) in [5, 5.41) is 0. The molecule has 30 heavy (non-hydrogen) atoms. The molecule has 2 aromatic carbocycles. The smallest absolute Gasteiger partial charge is 0.166 e. The van der Waals surface area contributed by atoms with Gasteiger partial charge in [-0.2, -0.15) is 0 Å². The Morgan fingerprint density at radius 2 is 1.67 bits per heavy atom. The van der Waals surface area contributed by atoms with E-state index in [2.05, 4.69) is 47.1 Å². The highest BCUT2D eigenvalue weighted by atomic mass is 35.5. The minimum absolute atomic E-state index is 0.109. The summed E-state index contributed by atoms with van der Waals surface area (Å²) in [6.45, 7) is 3.27. The van der Waals surface area contributed by atoms with Crippen molar-refractivity contribution in [2.24, 2.45) is 11.8 Å². The number of likely N-dealkylation sites (tertiary alicyclic amines) is 1. The van der Waals surface area contributed by atoms with E-state index >= 15 is 0 Å². The number of halogens is 1. The molecule has 1 unspecified atom stereocenters. The van der Waals surface area contributed by atoms with Crippen molar-refractivity contribution >= 4 is 17.6 Å². The number of piperidine rings is 1. The van der Waals surface area contributed by atoms with Gasteiger partial charge in [-0.15, -0.1) is 0 Å². The SMILES string of the molecule is COc1cc2c(cc1OC)C(=O)C(CC1CCN(Cc3ccccc3)CC1)C2.OCl. The second kappa shape index (κ2) is 10.8. The van der Waals surface area contributed by atoms with Crippen molar-refractivity contribution in [1.82, 2.24) is 4.90 Å². The molecular weight excluding hydrogens is 402 g/mol. The zero-order chi connectivity index (χ0) is 21.5. The molecular formula is C24H30ClNO4. The van der Waals surface area contributed by atoms with Crippen LogP contribution in [0, 0.1) is 11.8 Å². The summed E-state index contributed by atoms with van der Waals surface area (Å²) in [4.78, 5) is 15.5. The van der Waals surface area contributed by atoms with Crippen LogP contribution in [0.5, 0.6) is 11.5 Å². The highest BCUT2D eigenvalue weighted by molar-refractivity contribution is 6.05. The molecule has 5 nitrogen and oxygen atoms in total. The van der Waals surface area contributed by atoms with Gasteiger partial charge >= 0.3 is 0 Å². The summed E-state index contributed by atoms with van der Waals surface area (Å²) in [5.41, 5.74) is 3.31. The third-order valence-electron chi connectivity index (χ3n) is 6.29. The quantitative estimate of drug-likeness (QED) is 0.730. The molecule has 1 saturated heterocycles. The molecule has 1 N–H and O–H groups in total. The van der Waals surface area contributed by atoms with Crippen molar-refractivity contribution in [2.75, 3.05) is 27.3 Å². The van der Waals surface area contributed by atoms with Crippen LogP contribution in [0.4, 0.5) is 0 Å². The summed E-state index contributed by atoms with van der Waals surface area (Å²) in [6, 6.07) is 14.5. The minimum Gasteiger partial charge on any atom is -0.493 e. The molecule has 0 amide bonds. The van der Waals surface area contributed by atoms with Crippen molar-refractivity contribution in [3.8, 4) is 11.5 Å². The van der Waals surface area contributed by atoms with Crippen LogP contribution in [-0.4, -0.2) is 42.7 Å². The lowest BCUT2D eigenvalue weighted by atomic mass is 9.85. The van der Waals surface area contributed by atoms with E-state index in [1.807, 2.05) is 12.1 Å². The predicted octanol–water partition coefficient (Wildman–Crippen LogP) is 4.49. The van der Waals surface area contributed by atoms with Crippen LogP contribution in [0.1, 0.15) is 40.7 Å². The van der Waals surface area contributed by atoms with Gasteiger partial charge in [0, 0.05) is 18.0 Å². The zero-order valence-electron chi connectivity index (χ0n) is 17.6. The molecule has 1 heterocycles. The van der Waals surface area contributed by atoms with E-state index in [-0.39, 0.29) is 11.7 Å². The Kier molecular flexibility index (Phi) is 8.14. The van der Waals surface area contributed by atoms with Crippen LogP contribution in [0.3, 0.4) is 0 Å². The predicted molar refractivity (Wildman–Crippen MR) is 118 cm³/mol. The maximum Gasteiger partial charge on any atom is 0.166 e. The van der Waals surface area contributed by atoms with Gasteiger partial charge in [0.2, 0.25) is 0 Å². The third-order valence-corrected chi connectivity index (χ3v) is 6.29. The first-order valence-electron chi connectivity index (χ1n) is 10.4. The Balaban J connectivity index is 0.00000124. The molecule has 2 aromatic rings. The van der Waals surface area contributed by atoms with E-state index in [9.17, 15) is 4.79 Å². The number of carbonyl (C=O) groups excluding carboxylic acids is 1. The van der Waals surface area contributed by atoms with Crippen LogP contribution in [0.25, 0.3) is 0 Å². The standard InChI is InChI=1S/C24H29NO3.ClHO/c1-27-22-14-19-13-20(24(26)21(19)15-23(22)28-2)12-17-8-10-25(11-9-17)16-18-6-4-3-5-7-18;1-2/h3-7,14-15,17,20H,8-13,16H2,1-2H3;2H. The fourth-order valence-corrected chi connectivity index (χ4v) is 4.71. The van der Waals surface area contributed by atoms with E-state index in [0.717, 1.165) is 43.6 Å². The van der Waals surface area contributed by atoms with E-state index in [1.165, 1.54) is 18.4 Å². The molecule has 1 atom stereocenters. The lowest BCUT2D eigenvalue weighted by Crippen LogP contribution is -2.34. The minimum atomic E-state index is 0.109. The number of rotatable bonds is 6. The molecule has 2 aliphatic rings. The van der Waals surface area contributed by atoms with Crippen LogP contribution in [0.2, 0.25) is 0 Å².